The number of amides is 2. The van der Waals surface area contributed by atoms with Crippen LogP contribution in [0.1, 0.15) is 43.0 Å². The summed E-state index contributed by atoms with van der Waals surface area (Å²) < 4.78 is 11.2. The Bertz CT molecular complexity index is 643. The molecule has 2 amide bonds. The van der Waals surface area contributed by atoms with Gasteiger partial charge in [0.05, 0.1) is 6.61 Å². The van der Waals surface area contributed by atoms with E-state index < -0.39 is 0 Å². The van der Waals surface area contributed by atoms with Gasteiger partial charge in [0, 0.05) is 44.3 Å². The molecule has 1 unspecified atom stereocenters. The molecule has 0 aliphatic carbocycles. The summed E-state index contributed by atoms with van der Waals surface area (Å²) in [6.45, 7) is 6.35. The first-order valence-corrected chi connectivity index (χ1v) is 10.0. The van der Waals surface area contributed by atoms with Crippen molar-refractivity contribution in [1.82, 2.24) is 9.80 Å². The number of carbonyl (C=O) groups excluding carboxylic acids is 2. The van der Waals surface area contributed by atoms with E-state index in [4.69, 9.17) is 9.47 Å². The number of ether oxygens (including phenoxy) is 2. The van der Waals surface area contributed by atoms with E-state index in [0.29, 0.717) is 31.2 Å². The molecule has 2 fully saturated rings. The van der Waals surface area contributed by atoms with Crippen molar-refractivity contribution in [2.75, 3.05) is 46.0 Å². The molecule has 0 saturated carbocycles. The molecule has 6 heteroatoms. The number of hydrogen-bond acceptors (Lipinski definition) is 4. The topological polar surface area (TPSA) is 59.1 Å². The van der Waals surface area contributed by atoms with Crippen molar-refractivity contribution in [3.8, 4) is 5.75 Å². The summed E-state index contributed by atoms with van der Waals surface area (Å²) in [7, 11) is 0. The molecule has 27 heavy (non-hydrogen) atoms. The van der Waals surface area contributed by atoms with Crippen LogP contribution in [0.4, 0.5) is 0 Å². The molecule has 2 aliphatic rings. The lowest BCUT2D eigenvalue weighted by Crippen LogP contribution is -2.43. The standard InChI is InChI=1S/C21H30N2O4/c1-2-26-16-20(24)23-12-6-7-17(14-23)15-27-19-9-5-8-18(13-19)21(25)22-10-3-4-11-22/h5,8-9,13,17H,2-4,6-7,10-12,14-16H2,1H3. The molecule has 6 nitrogen and oxygen atoms in total. The van der Waals surface area contributed by atoms with Crippen molar-refractivity contribution in [1.29, 1.82) is 0 Å². The van der Waals surface area contributed by atoms with E-state index in [1.807, 2.05) is 41.0 Å². The average Bonchev–Trinajstić information content (AvgIpc) is 3.25. The Hall–Kier alpha value is -2.08. The zero-order valence-corrected chi connectivity index (χ0v) is 16.2. The summed E-state index contributed by atoms with van der Waals surface area (Å²) in [5, 5.41) is 0. The predicted molar refractivity (Wildman–Crippen MR) is 103 cm³/mol. The highest BCUT2D eigenvalue weighted by Crippen LogP contribution is 2.21. The Morgan fingerprint density at radius 2 is 1.89 bits per heavy atom. The molecule has 1 aromatic rings. The van der Waals surface area contributed by atoms with E-state index >= 15 is 0 Å². The van der Waals surface area contributed by atoms with Crippen molar-refractivity contribution < 1.29 is 19.1 Å². The number of benzene rings is 1. The molecular formula is C21H30N2O4. The normalized spacial score (nSPS) is 20.0. The number of nitrogens with zero attached hydrogens (tertiary/aromatic N) is 2. The van der Waals surface area contributed by atoms with Crippen LogP contribution >= 0.6 is 0 Å². The molecule has 2 saturated heterocycles. The summed E-state index contributed by atoms with van der Waals surface area (Å²) >= 11 is 0. The van der Waals surface area contributed by atoms with Crippen LogP contribution in [0.15, 0.2) is 24.3 Å². The maximum absolute atomic E-state index is 12.5. The smallest absolute Gasteiger partial charge is 0.253 e. The largest absolute Gasteiger partial charge is 0.493 e. The van der Waals surface area contributed by atoms with Crippen molar-refractivity contribution in [2.45, 2.75) is 32.6 Å². The van der Waals surface area contributed by atoms with Gasteiger partial charge in [-0.1, -0.05) is 6.07 Å². The molecular weight excluding hydrogens is 344 g/mol. The first-order chi connectivity index (χ1) is 13.2. The first kappa shape index (κ1) is 19.7. The maximum Gasteiger partial charge on any atom is 0.253 e. The quantitative estimate of drug-likeness (QED) is 0.736. The Morgan fingerprint density at radius 3 is 2.67 bits per heavy atom. The van der Waals surface area contributed by atoms with E-state index in [1.165, 1.54) is 0 Å². The van der Waals surface area contributed by atoms with Crippen LogP contribution in [0.5, 0.6) is 5.75 Å². The monoisotopic (exact) mass is 374 g/mol. The van der Waals surface area contributed by atoms with E-state index in [9.17, 15) is 9.59 Å². The van der Waals surface area contributed by atoms with Crippen LogP contribution in [0, 0.1) is 5.92 Å². The van der Waals surface area contributed by atoms with Gasteiger partial charge >= 0.3 is 0 Å². The molecule has 148 valence electrons. The zero-order chi connectivity index (χ0) is 19.1. The van der Waals surface area contributed by atoms with E-state index in [2.05, 4.69) is 0 Å². The molecule has 2 heterocycles. The van der Waals surface area contributed by atoms with Crippen LogP contribution in [0.3, 0.4) is 0 Å². The second-order valence-electron chi connectivity index (χ2n) is 7.32. The fraction of sp³-hybridized carbons (Fsp3) is 0.619. The molecule has 0 radical (unpaired) electrons. The maximum atomic E-state index is 12.5. The summed E-state index contributed by atoms with van der Waals surface area (Å²) in [4.78, 5) is 28.4. The number of carbonyl (C=O) groups is 2. The van der Waals surface area contributed by atoms with Gasteiger partial charge < -0.3 is 19.3 Å². The van der Waals surface area contributed by atoms with Gasteiger partial charge in [-0.2, -0.15) is 0 Å². The highest BCUT2D eigenvalue weighted by Gasteiger charge is 2.24. The summed E-state index contributed by atoms with van der Waals surface area (Å²) in [6.07, 6.45) is 4.20. The van der Waals surface area contributed by atoms with Gasteiger partial charge in [0.2, 0.25) is 5.91 Å². The van der Waals surface area contributed by atoms with Gasteiger partial charge in [0.1, 0.15) is 12.4 Å². The summed E-state index contributed by atoms with van der Waals surface area (Å²) in [5.41, 5.74) is 0.687. The van der Waals surface area contributed by atoms with Crippen LogP contribution in [-0.2, 0) is 9.53 Å². The molecule has 0 N–H and O–H groups in total. The fourth-order valence-electron chi connectivity index (χ4n) is 3.74. The Labute approximate surface area is 161 Å². The van der Waals surface area contributed by atoms with Gasteiger partial charge in [-0.3, -0.25) is 9.59 Å². The minimum absolute atomic E-state index is 0.0553. The molecule has 0 spiro atoms. The van der Waals surface area contributed by atoms with Crippen LogP contribution < -0.4 is 4.74 Å². The van der Waals surface area contributed by atoms with Gasteiger partial charge in [-0.15, -0.1) is 0 Å². The summed E-state index contributed by atoms with van der Waals surface area (Å²) in [5.74, 6) is 1.17. The number of hydrogen-bond donors (Lipinski definition) is 0. The Morgan fingerprint density at radius 1 is 1.11 bits per heavy atom. The first-order valence-electron chi connectivity index (χ1n) is 10.0. The molecule has 1 aromatic carbocycles. The predicted octanol–water partition coefficient (Wildman–Crippen LogP) is 2.58. The minimum Gasteiger partial charge on any atom is -0.493 e. The third-order valence-electron chi connectivity index (χ3n) is 5.26. The highest BCUT2D eigenvalue weighted by atomic mass is 16.5. The number of likely N-dealkylation sites (tertiary alicyclic amines) is 2. The van der Waals surface area contributed by atoms with Gasteiger partial charge in [-0.25, -0.2) is 0 Å². The SMILES string of the molecule is CCOCC(=O)N1CCCC(COc2cccc(C(=O)N3CCCC3)c2)C1. The molecule has 1 atom stereocenters. The summed E-state index contributed by atoms with van der Waals surface area (Å²) in [6, 6.07) is 7.45. The second kappa shape index (κ2) is 9.74. The third-order valence-corrected chi connectivity index (χ3v) is 5.26. The minimum atomic E-state index is 0.0553. The lowest BCUT2D eigenvalue weighted by molar-refractivity contribution is -0.138. The lowest BCUT2D eigenvalue weighted by Gasteiger charge is -2.32. The highest BCUT2D eigenvalue weighted by molar-refractivity contribution is 5.94. The van der Waals surface area contributed by atoms with Crippen molar-refractivity contribution in [3.63, 3.8) is 0 Å². The lowest BCUT2D eigenvalue weighted by atomic mass is 9.99. The van der Waals surface area contributed by atoms with Gasteiger partial charge in [-0.05, 0) is 50.8 Å². The molecule has 3 rings (SSSR count). The van der Waals surface area contributed by atoms with Crippen molar-refractivity contribution in [3.05, 3.63) is 29.8 Å². The zero-order valence-electron chi connectivity index (χ0n) is 16.2. The molecule has 2 aliphatic heterocycles. The molecule has 0 aromatic heterocycles. The Kier molecular flexibility index (Phi) is 7.10. The molecule has 0 bridgehead atoms. The second-order valence-corrected chi connectivity index (χ2v) is 7.32. The van der Waals surface area contributed by atoms with Crippen LogP contribution in [0.25, 0.3) is 0 Å². The Balaban J connectivity index is 1.51. The third kappa shape index (κ3) is 5.45. The van der Waals surface area contributed by atoms with E-state index in [1.54, 1.807) is 0 Å². The van der Waals surface area contributed by atoms with E-state index in [0.717, 1.165) is 51.1 Å². The van der Waals surface area contributed by atoms with Crippen LogP contribution in [-0.4, -0.2) is 67.6 Å². The fourth-order valence-corrected chi connectivity index (χ4v) is 3.74. The van der Waals surface area contributed by atoms with Crippen LogP contribution in [0.2, 0.25) is 0 Å². The number of piperidine rings is 1. The van der Waals surface area contributed by atoms with Crippen molar-refractivity contribution in [2.24, 2.45) is 5.92 Å². The van der Waals surface area contributed by atoms with Gasteiger partial charge in [0.25, 0.3) is 5.91 Å². The van der Waals surface area contributed by atoms with Crippen molar-refractivity contribution >= 4 is 11.8 Å². The average molecular weight is 374 g/mol. The number of rotatable bonds is 7. The van der Waals surface area contributed by atoms with E-state index in [-0.39, 0.29) is 18.4 Å². The van der Waals surface area contributed by atoms with Gasteiger partial charge in [0.15, 0.2) is 0 Å².